The number of para-hydroxylation sites is 2. The molecule has 0 aliphatic rings. The van der Waals surface area contributed by atoms with Crippen LogP contribution in [0.2, 0.25) is 0 Å². The second-order valence-corrected chi connectivity index (χ2v) is 9.34. The molecule has 0 unspecified atom stereocenters. The van der Waals surface area contributed by atoms with Gasteiger partial charge in [0.05, 0.1) is 38.4 Å². The van der Waals surface area contributed by atoms with Crippen molar-refractivity contribution in [1.29, 1.82) is 0 Å². The van der Waals surface area contributed by atoms with Crippen molar-refractivity contribution in [2.75, 3.05) is 33.9 Å². The second kappa shape index (κ2) is 17.7. The summed E-state index contributed by atoms with van der Waals surface area (Å²) < 4.78 is 16.2. The molecule has 2 aromatic heterocycles. The lowest BCUT2D eigenvalue weighted by atomic mass is 10.1. The van der Waals surface area contributed by atoms with Crippen LogP contribution in [0.3, 0.4) is 0 Å². The van der Waals surface area contributed by atoms with Crippen molar-refractivity contribution in [3.63, 3.8) is 0 Å². The standard InChI is InChI=1S/C15H16N2O5.C14H15NO4.C3H7NO2/c1-3-17-10-7-5-4-6-9(10)13(19)12(15(17)21)14(20)16-8-11(18)22-2;1-3-15-10-8-6-5-7-9(10)12(16)11(13(15)17)14(18)19-4-2;1-6-3(5)2-4/h4-7,19H,3,8H2,1-2H3,(H,16,20);5-8,16H,3-4H2,1-2H3;2,4H2,1H3. The molecule has 0 aliphatic carbocycles. The number of aromatic hydroxyl groups is 2. The average molecular weight is 655 g/mol. The van der Waals surface area contributed by atoms with E-state index in [4.69, 9.17) is 10.5 Å². The van der Waals surface area contributed by atoms with Crippen molar-refractivity contribution in [1.82, 2.24) is 14.5 Å². The zero-order valence-corrected chi connectivity index (χ0v) is 26.7. The molecule has 4 aromatic rings. The molecule has 15 heteroatoms. The maximum Gasteiger partial charge on any atom is 0.347 e. The molecule has 47 heavy (non-hydrogen) atoms. The number of hydrogen-bond acceptors (Lipinski definition) is 12. The van der Waals surface area contributed by atoms with E-state index in [1.54, 1.807) is 69.3 Å². The summed E-state index contributed by atoms with van der Waals surface area (Å²) in [6.07, 6.45) is 0. The summed E-state index contributed by atoms with van der Waals surface area (Å²) in [5, 5.41) is 23.5. The molecule has 2 heterocycles. The maximum absolute atomic E-state index is 12.4. The van der Waals surface area contributed by atoms with Crippen LogP contribution >= 0.6 is 0 Å². The zero-order valence-electron chi connectivity index (χ0n) is 26.7. The third-order valence-electron chi connectivity index (χ3n) is 6.65. The number of nitrogens with two attached hydrogens (primary N) is 1. The zero-order chi connectivity index (χ0) is 35.3. The lowest BCUT2D eigenvalue weighted by Gasteiger charge is -2.13. The van der Waals surface area contributed by atoms with Crippen molar-refractivity contribution in [2.24, 2.45) is 5.73 Å². The van der Waals surface area contributed by atoms with Crippen LogP contribution in [0.1, 0.15) is 41.5 Å². The highest BCUT2D eigenvalue weighted by atomic mass is 16.5. The number of pyridine rings is 2. The van der Waals surface area contributed by atoms with E-state index in [1.165, 1.54) is 23.4 Å². The van der Waals surface area contributed by atoms with E-state index >= 15 is 0 Å². The first-order valence-electron chi connectivity index (χ1n) is 14.4. The number of ether oxygens (including phenoxy) is 3. The number of hydrogen-bond donors (Lipinski definition) is 4. The number of amides is 1. The number of aromatic nitrogens is 2. The summed E-state index contributed by atoms with van der Waals surface area (Å²) in [5.74, 6) is -3.35. The van der Waals surface area contributed by atoms with Crippen LogP contribution in [-0.2, 0) is 36.9 Å². The number of fused-ring (bicyclic) bond motifs is 2. The molecule has 1 amide bonds. The largest absolute Gasteiger partial charge is 0.506 e. The van der Waals surface area contributed by atoms with Crippen LogP contribution < -0.4 is 22.2 Å². The van der Waals surface area contributed by atoms with Crippen molar-refractivity contribution in [3.8, 4) is 11.5 Å². The van der Waals surface area contributed by atoms with E-state index in [2.05, 4.69) is 14.8 Å². The summed E-state index contributed by atoms with van der Waals surface area (Å²) >= 11 is 0. The fourth-order valence-electron chi connectivity index (χ4n) is 4.40. The Bertz CT molecular complexity index is 1870. The summed E-state index contributed by atoms with van der Waals surface area (Å²) in [4.78, 5) is 69.5. The highest BCUT2D eigenvalue weighted by molar-refractivity contribution is 6.03. The van der Waals surface area contributed by atoms with E-state index < -0.39 is 34.7 Å². The Morgan fingerprint density at radius 2 is 1.19 bits per heavy atom. The molecular weight excluding hydrogens is 616 g/mol. The summed E-state index contributed by atoms with van der Waals surface area (Å²) in [5.41, 5.74) is 4.12. The van der Waals surface area contributed by atoms with E-state index in [1.807, 2.05) is 0 Å². The number of benzene rings is 2. The molecule has 0 fully saturated rings. The Labute approximate surface area is 269 Å². The Morgan fingerprint density at radius 1 is 0.745 bits per heavy atom. The fourth-order valence-corrected chi connectivity index (χ4v) is 4.40. The monoisotopic (exact) mass is 654 g/mol. The van der Waals surface area contributed by atoms with Crippen LogP contribution in [0, 0.1) is 0 Å². The van der Waals surface area contributed by atoms with Gasteiger partial charge in [-0.15, -0.1) is 0 Å². The first-order chi connectivity index (χ1) is 22.4. The average Bonchev–Trinajstić information content (AvgIpc) is 3.08. The van der Waals surface area contributed by atoms with Gasteiger partial charge in [-0.2, -0.15) is 0 Å². The first-order valence-corrected chi connectivity index (χ1v) is 14.4. The predicted molar refractivity (Wildman–Crippen MR) is 172 cm³/mol. The van der Waals surface area contributed by atoms with Gasteiger partial charge in [0.15, 0.2) is 5.56 Å². The van der Waals surface area contributed by atoms with Crippen LogP contribution in [0.4, 0.5) is 0 Å². The van der Waals surface area contributed by atoms with Crippen LogP contribution in [0.15, 0.2) is 58.1 Å². The highest BCUT2D eigenvalue weighted by Gasteiger charge is 2.23. The molecule has 0 saturated heterocycles. The van der Waals surface area contributed by atoms with E-state index in [9.17, 15) is 39.0 Å². The van der Waals surface area contributed by atoms with Crippen molar-refractivity contribution < 1.29 is 43.6 Å². The number of carbonyl (C=O) groups excluding carboxylic acids is 4. The number of nitrogens with one attached hydrogen (secondary N) is 1. The number of rotatable bonds is 8. The van der Waals surface area contributed by atoms with Crippen molar-refractivity contribution in [2.45, 2.75) is 33.9 Å². The second-order valence-electron chi connectivity index (χ2n) is 9.34. The van der Waals surface area contributed by atoms with Crippen LogP contribution in [0.5, 0.6) is 11.5 Å². The summed E-state index contributed by atoms with van der Waals surface area (Å²) in [6, 6.07) is 13.7. The number of nitrogens with zero attached hydrogens (tertiary/aromatic N) is 2. The lowest BCUT2D eigenvalue weighted by Crippen LogP contribution is -2.36. The third-order valence-corrected chi connectivity index (χ3v) is 6.65. The number of aryl methyl sites for hydroxylation is 2. The van der Waals surface area contributed by atoms with Gasteiger partial charge in [0, 0.05) is 23.9 Å². The molecule has 2 aromatic carbocycles. The molecule has 0 radical (unpaired) electrons. The van der Waals surface area contributed by atoms with Crippen LogP contribution in [0.25, 0.3) is 21.8 Å². The van der Waals surface area contributed by atoms with E-state index in [0.717, 1.165) is 0 Å². The number of carbonyl (C=O) groups is 4. The molecule has 15 nitrogen and oxygen atoms in total. The highest BCUT2D eigenvalue weighted by Crippen LogP contribution is 2.27. The van der Waals surface area contributed by atoms with Crippen molar-refractivity contribution in [3.05, 3.63) is 80.4 Å². The molecule has 0 atom stereocenters. The molecule has 0 saturated carbocycles. The van der Waals surface area contributed by atoms with Gasteiger partial charge in [-0.05, 0) is 45.0 Å². The summed E-state index contributed by atoms with van der Waals surface area (Å²) in [7, 11) is 2.49. The van der Waals surface area contributed by atoms with Gasteiger partial charge in [0.1, 0.15) is 23.6 Å². The maximum atomic E-state index is 12.4. The molecule has 0 bridgehead atoms. The minimum absolute atomic E-state index is 0.0312. The minimum Gasteiger partial charge on any atom is -0.506 e. The Balaban J connectivity index is 0.000000281. The summed E-state index contributed by atoms with van der Waals surface area (Å²) in [6.45, 7) is 5.71. The van der Waals surface area contributed by atoms with Gasteiger partial charge in [-0.3, -0.25) is 24.0 Å². The third kappa shape index (κ3) is 8.73. The van der Waals surface area contributed by atoms with Gasteiger partial charge >= 0.3 is 17.9 Å². The molecule has 0 spiro atoms. The Morgan fingerprint density at radius 3 is 1.60 bits per heavy atom. The van der Waals surface area contributed by atoms with Gasteiger partial charge in [-0.25, -0.2) is 4.79 Å². The van der Waals surface area contributed by atoms with Gasteiger partial charge < -0.3 is 44.6 Å². The van der Waals surface area contributed by atoms with Crippen molar-refractivity contribution >= 4 is 45.6 Å². The van der Waals surface area contributed by atoms with Gasteiger partial charge in [0.2, 0.25) is 0 Å². The number of methoxy groups -OCH3 is 2. The lowest BCUT2D eigenvalue weighted by molar-refractivity contribution is -0.140. The predicted octanol–water partition coefficient (Wildman–Crippen LogP) is 1.65. The first kappa shape index (κ1) is 37.5. The van der Waals surface area contributed by atoms with Gasteiger partial charge in [-0.1, -0.05) is 24.3 Å². The topological polar surface area (TPSA) is 218 Å². The molecule has 4 rings (SSSR count). The normalized spacial score (nSPS) is 10.2. The smallest absolute Gasteiger partial charge is 0.347 e. The van der Waals surface area contributed by atoms with Gasteiger partial charge in [0.25, 0.3) is 17.0 Å². The van der Waals surface area contributed by atoms with E-state index in [0.29, 0.717) is 34.9 Å². The van der Waals surface area contributed by atoms with Crippen LogP contribution in [-0.4, -0.2) is 77.1 Å². The molecular formula is C32H38N4O11. The minimum atomic E-state index is -0.819. The van der Waals surface area contributed by atoms with E-state index in [-0.39, 0.29) is 42.5 Å². The Hall–Kier alpha value is -5.70. The molecule has 5 N–H and O–H groups in total. The molecule has 252 valence electrons. The quantitative estimate of drug-likeness (QED) is 0.157. The Kier molecular flexibility index (Phi) is 14.1. The SMILES string of the molecule is CCOC(=O)c1c(O)c2ccccc2n(CC)c1=O.CCn1c(=O)c(C(=O)NCC(=O)OC)c(O)c2ccccc21.COC(=O)CN. The number of esters is 3. The molecule has 0 aliphatic heterocycles. The fraction of sp³-hybridized carbons (Fsp3) is 0.312.